The molecule has 28 heavy (non-hydrogen) atoms. The number of sulfonamides is 1. The van der Waals surface area contributed by atoms with E-state index >= 15 is 0 Å². The SMILES string of the molecule is Cc1ccc(C(=O)S(=O)(=O)N[C@@H](c2ccccc2)[C@@H](N)c2ccccc2)cc1. The molecule has 0 saturated heterocycles. The van der Waals surface area contributed by atoms with Crippen molar-refractivity contribution in [1.82, 2.24) is 4.72 Å². The maximum absolute atomic E-state index is 12.8. The van der Waals surface area contributed by atoms with E-state index in [0.717, 1.165) is 11.1 Å². The van der Waals surface area contributed by atoms with Crippen LogP contribution >= 0.6 is 0 Å². The van der Waals surface area contributed by atoms with Gasteiger partial charge in [0.1, 0.15) is 0 Å². The van der Waals surface area contributed by atoms with Crippen molar-refractivity contribution >= 4 is 15.1 Å². The van der Waals surface area contributed by atoms with E-state index in [9.17, 15) is 13.2 Å². The molecule has 0 fully saturated rings. The minimum atomic E-state index is -4.30. The standard InChI is InChI=1S/C22H22N2O3S/c1-16-12-14-19(15-13-16)22(25)28(26,27)24-21(18-10-6-3-7-11-18)20(23)17-8-4-2-5-9-17/h2-15,20-21,24H,23H2,1H3/t20-,21-/m0/s1. The van der Waals surface area contributed by atoms with Crippen LogP contribution in [0.2, 0.25) is 0 Å². The van der Waals surface area contributed by atoms with Crippen molar-refractivity contribution in [2.75, 3.05) is 0 Å². The number of hydrogen-bond donors (Lipinski definition) is 2. The third-order valence-corrected chi connectivity index (χ3v) is 5.80. The summed E-state index contributed by atoms with van der Waals surface area (Å²) in [7, 11) is -4.30. The van der Waals surface area contributed by atoms with Crippen LogP contribution in [0, 0.1) is 6.92 Å². The molecule has 5 nitrogen and oxygen atoms in total. The fourth-order valence-corrected chi connectivity index (χ4v) is 4.11. The highest BCUT2D eigenvalue weighted by Gasteiger charge is 2.31. The molecule has 3 aromatic carbocycles. The maximum Gasteiger partial charge on any atom is 0.291 e. The van der Waals surface area contributed by atoms with Crippen molar-refractivity contribution in [3.63, 3.8) is 0 Å². The molecule has 0 aliphatic rings. The number of benzene rings is 3. The smallest absolute Gasteiger partial charge is 0.291 e. The molecule has 3 N–H and O–H groups in total. The number of carbonyl (C=O) groups is 1. The molecule has 0 radical (unpaired) electrons. The first kappa shape index (κ1) is 19.9. The minimum Gasteiger partial charge on any atom is -0.322 e. The summed E-state index contributed by atoms with van der Waals surface area (Å²) < 4.78 is 28.2. The molecule has 0 aromatic heterocycles. The number of carbonyl (C=O) groups excluding carboxylic acids is 1. The Bertz CT molecular complexity index is 1030. The van der Waals surface area contributed by atoms with E-state index in [1.807, 2.05) is 43.3 Å². The van der Waals surface area contributed by atoms with Crippen LogP contribution < -0.4 is 10.5 Å². The maximum atomic E-state index is 12.8. The second-order valence-electron chi connectivity index (χ2n) is 6.60. The average molecular weight is 394 g/mol. The number of nitrogens with two attached hydrogens (primary N) is 1. The fourth-order valence-electron chi connectivity index (χ4n) is 2.94. The normalized spacial score (nSPS) is 13.6. The highest BCUT2D eigenvalue weighted by atomic mass is 32.2. The lowest BCUT2D eigenvalue weighted by Gasteiger charge is -2.25. The summed E-state index contributed by atoms with van der Waals surface area (Å²) in [5.74, 6) is 0. The molecule has 3 rings (SSSR count). The Balaban J connectivity index is 1.94. The molecule has 0 aliphatic heterocycles. The molecule has 0 unspecified atom stereocenters. The molecule has 0 aliphatic carbocycles. The predicted molar refractivity (Wildman–Crippen MR) is 110 cm³/mol. The van der Waals surface area contributed by atoms with E-state index in [-0.39, 0.29) is 5.56 Å². The average Bonchev–Trinajstić information content (AvgIpc) is 2.73. The van der Waals surface area contributed by atoms with Gasteiger partial charge in [0.15, 0.2) is 0 Å². The third kappa shape index (κ3) is 4.54. The van der Waals surface area contributed by atoms with Crippen molar-refractivity contribution in [3.8, 4) is 0 Å². The number of hydrogen-bond acceptors (Lipinski definition) is 4. The molecular weight excluding hydrogens is 372 g/mol. The van der Waals surface area contributed by atoms with Gasteiger partial charge in [0.25, 0.3) is 15.1 Å². The Kier molecular flexibility index (Phi) is 6.04. The molecule has 6 heteroatoms. The number of rotatable bonds is 6. The summed E-state index contributed by atoms with van der Waals surface area (Å²) in [5, 5.41) is -0.978. The van der Waals surface area contributed by atoms with Gasteiger partial charge in [-0.2, -0.15) is 4.72 Å². The largest absolute Gasteiger partial charge is 0.322 e. The lowest BCUT2D eigenvalue weighted by atomic mass is 9.95. The molecule has 0 saturated carbocycles. The number of aryl methyl sites for hydroxylation is 1. The second kappa shape index (κ2) is 8.48. The summed E-state index contributed by atoms with van der Waals surface area (Å²) in [6.07, 6.45) is 0. The van der Waals surface area contributed by atoms with E-state index in [0.29, 0.717) is 5.56 Å². The Morgan fingerprint density at radius 2 is 1.32 bits per heavy atom. The van der Waals surface area contributed by atoms with E-state index in [2.05, 4.69) is 4.72 Å². The van der Waals surface area contributed by atoms with Crippen LogP contribution in [-0.2, 0) is 10.0 Å². The van der Waals surface area contributed by atoms with Gasteiger partial charge in [0.2, 0.25) is 0 Å². The quantitative estimate of drug-likeness (QED) is 0.670. The van der Waals surface area contributed by atoms with Gasteiger partial charge in [-0.15, -0.1) is 0 Å². The van der Waals surface area contributed by atoms with Crippen molar-refractivity contribution < 1.29 is 13.2 Å². The molecule has 0 spiro atoms. The van der Waals surface area contributed by atoms with Crippen LogP contribution in [0.5, 0.6) is 0 Å². The van der Waals surface area contributed by atoms with E-state index in [4.69, 9.17) is 5.73 Å². The van der Waals surface area contributed by atoms with Crippen LogP contribution in [0.1, 0.15) is 39.1 Å². The summed E-state index contributed by atoms with van der Waals surface area (Å²) in [6.45, 7) is 1.87. The van der Waals surface area contributed by atoms with Gasteiger partial charge in [-0.3, -0.25) is 4.79 Å². The summed E-state index contributed by atoms with van der Waals surface area (Å²) in [4.78, 5) is 12.6. The topological polar surface area (TPSA) is 89.3 Å². The van der Waals surface area contributed by atoms with Crippen molar-refractivity contribution in [2.45, 2.75) is 19.0 Å². The van der Waals surface area contributed by atoms with E-state index in [1.165, 1.54) is 12.1 Å². The zero-order valence-corrected chi connectivity index (χ0v) is 16.3. The third-order valence-electron chi connectivity index (χ3n) is 4.52. The Morgan fingerprint density at radius 3 is 1.86 bits per heavy atom. The zero-order chi connectivity index (χ0) is 20.1. The van der Waals surface area contributed by atoms with Gasteiger partial charge in [0, 0.05) is 5.56 Å². The molecule has 3 aromatic rings. The minimum absolute atomic E-state index is 0.109. The first-order valence-corrected chi connectivity index (χ1v) is 10.4. The highest BCUT2D eigenvalue weighted by molar-refractivity contribution is 8.05. The molecule has 0 bridgehead atoms. The molecule has 0 amide bonds. The summed E-state index contributed by atoms with van der Waals surface area (Å²) >= 11 is 0. The van der Waals surface area contributed by atoms with Gasteiger partial charge in [-0.25, -0.2) is 8.42 Å². The van der Waals surface area contributed by atoms with E-state index < -0.39 is 27.2 Å². The molecule has 144 valence electrons. The number of nitrogens with one attached hydrogen (secondary N) is 1. The Morgan fingerprint density at radius 1 is 0.821 bits per heavy atom. The fraction of sp³-hybridized carbons (Fsp3) is 0.136. The predicted octanol–water partition coefficient (Wildman–Crippen LogP) is 3.50. The second-order valence-corrected chi connectivity index (χ2v) is 8.21. The lowest BCUT2D eigenvalue weighted by Crippen LogP contribution is -2.39. The van der Waals surface area contributed by atoms with Crippen LogP contribution in [0.3, 0.4) is 0 Å². The highest BCUT2D eigenvalue weighted by Crippen LogP contribution is 2.28. The summed E-state index contributed by atoms with van der Waals surface area (Å²) in [6, 6.07) is 23.2. The first-order valence-electron chi connectivity index (χ1n) is 8.87. The lowest BCUT2D eigenvalue weighted by molar-refractivity contribution is 0.107. The Labute approximate surface area is 165 Å². The van der Waals surface area contributed by atoms with Gasteiger partial charge in [0.05, 0.1) is 12.1 Å². The molecule has 2 atom stereocenters. The van der Waals surface area contributed by atoms with Crippen LogP contribution in [0.25, 0.3) is 0 Å². The zero-order valence-electron chi connectivity index (χ0n) is 15.4. The molecular formula is C22H22N2O3S. The first-order chi connectivity index (χ1) is 13.4. The van der Waals surface area contributed by atoms with Gasteiger partial charge in [-0.1, -0.05) is 78.4 Å². The van der Waals surface area contributed by atoms with Crippen LogP contribution in [0.15, 0.2) is 84.9 Å². The van der Waals surface area contributed by atoms with Crippen LogP contribution in [0.4, 0.5) is 0 Å². The monoisotopic (exact) mass is 394 g/mol. The van der Waals surface area contributed by atoms with E-state index in [1.54, 1.807) is 36.4 Å². The van der Waals surface area contributed by atoms with Crippen molar-refractivity contribution in [3.05, 3.63) is 107 Å². The Hall–Kier alpha value is -2.80. The van der Waals surface area contributed by atoms with Crippen molar-refractivity contribution in [1.29, 1.82) is 0 Å². The van der Waals surface area contributed by atoms with Gasteiger partial charge in [-0.05, 0) is 30.2 Å². The van der Waals surface area contributed by atoms with Gasteiger partial charge >= 0.3 is 0 Å². The van der Waals surface area contributed by atoms with Crippen molar-refractivity contribution in [2.24, 2.45) is 5.73 Å². The summed E-state index contributed by atoms with van der Waals surface area (Å²) in [5.41, 5.74) is 8.89. The van der Waals surface area contributed by atoms with Crippen LogP contribution in [-0.4, -0.2) is 13.5 Å². The molecule has 0 heterocycles. The van der Waals surface area contributed by atoms with Gasteiger partial charge < -0.3 is 5.73 Å².